The summed E-state index contributed by atoms with van der Waals surface area (Å²) in [5.74, 6) is 0.327. The number of hydrogen-bond donors (Lipinski definition) is 2. The van der Waals surface area contributed by atoms with Crippen molar-refractivity contribution in [3.8, 4) is 34.5 Å². The highest BCUT2D eigenvalue weighted by molar-refractivity contribution is 5.68. The highest BCUT2D eigenvalue weighted by atomic mass is 16.7. The molecule has 0 aliphatic carbocycles. The Morgan fingerprint density at radius 3 is 1.55 bits per heavy atom. The van der Waals surface area contributed by atoms with Gasteiger partial charge < -0.3 is 29.2 Å². The zero-order valence-electron chi connectivity index (χ0n) is 11.9. The minimum absolute atomic E-state index is 0.0843. The number of methoxy groups -OCH3 is 2. The van der Waals surface area contributed by atoms with Crippen LogP contribution in [0.15, 0.2) is 36.4 Å². The lowest BCUT2D eigenvalue weighted by atomic mass is 10.3. The molecule has 0 saturated heterocycles. The molecule has 7 nitrogen and oxygen atoms in total. The molecule has 0 amide bonds. The first-order valence-electron chi connectivity index (χ1n) is 6.17. The molecule has 22 heavy (non-hydrogen) atoms. The Hall–Kier alpha value is -3.09. The number of benzene rings is 2. The smallest absolute Gasteiger partial charge is 0.504 e. The van der Waals surface area contributed by atoms with Gasteiger partial charge in [-0.1, -0.05) is 0 Å². The van der Waals surface area contributed by atoms with E-state index in [0.29, 0.717) is 0 Å². The van der Waals surface area contributed by atoms with Gasteiger partial charge in [0.05, 0.1) is 14.2 Å². The van der Waals surface area contributed by atoms with E-state index in [1.165, 1.54) is 50.6 Å². The number of aromatic hydroxyl groups is 2. The van der Waals surface area contributed by atoms with Gasteiger partial charge in [0.2, 0.25) is 0 Å². The van der Waals surface area contributed by atoms with E-state index in [9.17, 15) is 15.0 Å². The van der Waals surface area contributed by atoms with Gasteiger partial charge in [-0.25, -0.2) is 4.79 Å². The van der Waals surface area contributed by atoms with Crippen LogP contribution in [-0.2, 0) is 0 Å². The predicted octanol–water partition coefficient (Wildman–Crippen LogP) is 2.69. The standard InChI is InChI=1S/C15H14O7/c1-19-13-5-3-9(7-11(13)16)21-15(18)22-10-4-6-14(20-2)12(17)8-10/h3-8,16-17H,1-2H3. The summed E-state index contributed by atoms with van der Waals surface area (Å²) in [6.45, 7) is 0. The second-order valence-electron chi connectivity index (χ2n) is 4.12. The molecular weight excluding hydrogens is 292 g/mol. The van der Waals surface area contributed by atoms with Gasteiger partial charge in [0, 0.05) is 12.1 Å². The summed E-state index contributed by atoms with van der Waals surface area (Å²) in [5, 5.41) is 19.2. The average Bonchev–Trinajstić information content (AvgIpc) is 2.47. The molecule has 0 aliphatic heterocycles. The number of hydrogen-bond acceptors (Lipinski definition) is 7. The molecule has 0 heterocycles. The van der Waals surface area contributed by atoms with E-state index < -0.39 is 6.16 Å². The Balaban J connectivity index is 2.04. The van der Waals surface area contributed by atoms with Crippen molar-refractivity contribution in [3.63, 3.8) is 0 Å². The largest absolute Gasteiger partial charge is 0.519 e. The lowest BCUT2D eigenvalue weighted by Gasteiger charge is -2.09. The predicted molar refractivity (Wildman–Crippen MR) is 76.0 cm³/mol. The molecule has 2 N–H and O–H groups in total. The highest BCUT2D eigenvalue weighted by Gasteiger charge is 2.12. The van der Waals surface area contributed by atoms with Gasteiger partial charge in [0.1, 0.15) is 11.5 Å². The quantitative estimate of drug-likeness (QED) is 0.662. The molecule has 2 aromatic carbocycles. The van der Waals surface area contributed by atoms with E-state index in [1.807, 2.05) is 0 Å². The van der Waals surface area contributed by atoms with E-state index in [4.69, 9.17) is 18.9 Å². The normalized spacial score (nSPS) is 9.91. The number of carbonyl (C=O) groups excluding carboxylic acids is 1. The maximum absolute atomic E-state index is 11.6. The summed E-state index contributed by atoms with van der Waals surface area (Å²) >= 11 is 0. The van der Waals surface area contributed by atoms with Crippen molar-refractivity contribution in [2.24, 2.45) is 0 Å². The van der Waals surface area contributed by atoms with E-state index in [2.05, 4.69) is 0 Å². The molecular formula is C15H14O7. The van der Waals surface area contributed by atoms with E-state index >= 15 is 0 Å². The van der Waals surface area contributed by atoms with Crippen LogP contribution in [0.25, 0.3) is 0 Å². The van der Waals surface area contributed by atoms with Crippen molar-refractivity contribution >= 4 is 6.16 Å². The topological polar surface area (TPSA) is 94.5 Å². The highest BCUT2D eigenvalue weighted by Crippen LogP contribution is 2.31. The minimum Gasteiger partial charge on any atom is -0.504 e. The lowest BCUT2D eigenvalue weighted by molar-refractivity contribution is 0.151. The van der Waals surface area contributed by atoms with Crippen LogP contribution >= 0.6 is 0 Å². The zero-order chi connectivity index (χ0) is 16.1. The Labute approximate surface area is 126 Å². The Morgan fingerprint density at radius 2 is 1.23 bits per heavy atom. The van der Waals surface area contributed by atoms with Gasteiger partial charge in [0.25, 0.3) is 0 Å². The van der Waals surface area contributed by atoms with Crippen LogP contribution in [0.1, 0.15) is 0 Å². The van der Waals surface area contributed by atoms with Crippen molar-refractivity contribution in [3.05, 3.63) is 36.4 Å². The fourth-order valence-corrected chi connectivity index (χ4v) is 1.68. The first kappa shape index (κ1) is 15.3. The van der Waals surface area contributed by atoms with Crippen LogP contribution in [0.3, 0.4) is 0 Å². The number of phenolic OH excluding ortho intramolecular Hbond substituents is 2. The van der Waals surface area contributed by atoms with Crippen molar-refractivity contribution in [1.82, 2.24) is 0 Å². The second-order valence-corrected chi connectivity index (χ2v) is 4.12. The molecule has 2 aromatic rings. The minimum atomic E-state index is -1.02. The van der Waals surface area contributed by atoms with Crippen molar-refractivity contribution in [1.29, 1.82) is 0 Å². The first-order valence-corrected chi connectivity index (χ1v) is 6.17. The summed E-state index contributed by atoms with van der Waals surface area (Å²) < 4.78 is 19.6. The molecule has 7 heteroatoms. The van der Waals surface area contributed by atoms with Gasteiger partial charge in [-0.2, -0.15) is 0 Å². The van der Waals surface area contributed by atoms with Gasteiger partial charge in [0.15, 0.2) is 23.0 Å². The molecule has 0 radical (unpaired) electrons. The number of ether oxygens (including phenoxy) is 4. The maximum Gasteiger partial charge on any atom is 0.519 e. The molecule has 116 valence electrons. The van der Waals surface area contributed by atoms with E-state index in [0.717, 1.165) is 0 Å². The molecule has 0 spiro atoms. The second kappa shape index (κ2) is 6.57. The van der Waals surface area contributed by atoms with Gasteiger partial charge in [-0.15, -0.1) is 0 Å². The summed E-state index contributed by atoms with van der Waals surface area (Å²) in [6, 6.07) is 8.18. The first-order chi connectivity index (χ1) is 10.5. The Kier molecular flexibility index (Phi) is 4.57. The van der Waals surface area contributed by atoms with Crippen LogP contribution in [0.2, 0.25) is 0 Å². The Morgan fingerprint density at radius 1 is 0.818 bits per heavy atom. The van der Waals surface area contributed by atoms with Crippen LogP contribution in [0, 0.1) is 0 Å². The maximum atomic E-state index is 11.6. The lowest BCUT2D eigenvalue weighted by Crippen LogP contribution is -2.13. The van der Waals surface area contributed by atoms with Gasteiger partial charge in [-0.05, 0) is 24.3 Å². The van der Waals surface area contributed by atoms with Crippen molar-refractivity contribution < 1.29 is 34.0 Å². The summed E-state index contributed by atoms with van der Waals surface area (Å²) in [5.41, 5.74) is 0. The number of rotatable bonds is 4. The fourth-order valence-electron chi connectivity index (χ4n) is 1.68. The molecule has 0 bridgehead atoms. The molecule has 0 unspecified atom stereocenters. The van der Waals surface area contributed by atoms with Gasteiger partial charge in [-0.3, -0.25) is 0 Å². The molecule has 0 aromatic heterocycles. The monoisotopic (exact) mass is 306 g/mol. The van der Waals surface area contributed by atoms with E-state index in [-0.39, 0.29) is 34.5 Å². The SMILES string of the molecule is COc1ccc(OC(=O)Oc2ccc(OC)c(O)c2)cc1O. The zero-order valence-corrected chi connectivity index (χ0v) is 11.9. The molecule has 2 rings (SSSR count). The van der Waals surface area contributed by atoms with Crippen LogP contribution in [0.5, 0.6) is 34.5 Å². The third-order valence-corrected chi connectivity index (χ3v) is 2.70. The molecule has 0 atom stereocenters. The van der Waals surface area contributed by atoms with Crippen molar-refractivity contribution in [2.45, 2.75) is 0 Å². The van der Waals surface area contributed by atoms with Crippen molar-refractivity contribution in [2.75, 3.05) is 14.2 Å². The van der Waals surface area contributed by atoms with Gasteiger partial charge >= 0.3 is 6.16 Å². The third kappa shape index (κ3) is 3.51. The number of phenols is 2. The summed E-state index contributed by atoms with van der Waals surface area (Å²) in [7, 11) is 2.81. The Bertz CT molecular complexity index is 624. The summed E-state index contributed by atoms with van der Waals surface area (Å²) in [4.78, 5) is 11.6. The number of carbonyl (C=O) groups is 1. The summed E-state index contributed by atoms with van der Waals surface area (Å²) in [6.07, 6.45) is -1.02. The third-order valence-electron chi connectivity index (χ3n) is 2.70. The molecule has 0 saturated carbocycles. The van der Waals surface area contributed by atoms with E-state index in [1.54, 1.807) is 0 Å². The fraction of sp³-hybridized carbons (Fsp3) is 0.133. The van der Waals surface area contributed by atoms with Crippen LogP contribution < -0.4 is 18.9 Å². The van der Waals surface area contributed by atoms with Crippen LogP contribution in [0.4, 0.5) is 4.79 Å². The molecule has 0 aliphatic rings. The van der Waals surface area contributed by atoms with Crippen LogP contribution in [-0.4, -0.2) is 30.6 Å². The average molecular weight is 306 g/mol. The molecule has 0 fully saturated rings.